The fourth-order valence-corrected chi connectivity index (χ4v) is 6.62. The molecule has 2 saturated heterocycles. The third kappa shape index (κ3) is 4.52. The van der Waals surface area contributed by atoms with Crippen LogP contribution in [-0.2, 0) is 10.9 Å². The number of rotatable bonds is 7. The third-order valence-corrected chi connectivity index (χ3v) is 8.96. The van der Waals surface area contributed by atoms with E-state index in [1.165, 1.54) is 12.1 Å². The normalized spacial score (nSPS) is 20.6. The summed E-state index contributed by atoms with van der Waals surface area (Å²) in [5.41, 5.74) is 2.24. The Hall–Kier alpha value is -3.92. The molecule has 42 heavy (non-hydrogen) atoms. The van der Waals surface area contributed by atoms with Gasteiger partial charge in [-0.2, -0.15) is 13.2 Å². The number of pyridine rings is 2. The zero-order chi connectivity index (χ0) is 28.5. The molecule has 2 aliphatic carbocycles. The summed E-state index contributed by atoms with van der Waals surface area (Å²) in [6.45, 7) is 3.19. The number of hydrogen-bond donors (Lipinski definition) is 0. The number of fused-ring (bicyclic) bond motifs is 1. The minimum Gasteiger partial charge on any atom is -0.485 e. The average molecular weight is 575 g/mol. The molecule has 1 spiro atoms. The van der Waals surface area contributed by atoms with Crippen LogP contribution in [-0.4, -0.2) is 47.5 Å². The number of halogens is 3. The number of nitrogens with zero attached hydrogens (tertiary/aromatic N) is 4. The molecule has 3 aromatic heterocycles. The van der Waals surface area contributed by atoms with Gasteiger partial charge in [0.15, 0.2) is 5.69 Å². The van der Waals surface area contributed by atoms with Crippen molar-refractivity contribution in [3.63, 3.8) is 0 Å². The average Bonchev–Trinajstić information content (AvgIpc) is 3.67. The summed E-state index contributed by atoms with van der Waals surface area (Å²) in [6.07, 6.45) is 6.54. The fourth-order valence-electron chi connectivity index (χ4n) is 6.62. The Bertz CT molecular complexity index is 1680. The number of benzene rings is 1. The van der Waals surface area contributed by atoms with Crippen molar-refractivity contribution >= 4 is 22.7 Å². The Morgan fingerprint density at radius 1 is 1.02 bits per heavy atom. The van der Waals surface area contributed by atoms with Crippen molar-refractivity contribution in [1.29, 1.82) is 0 Å². The molecule has 0 unspecified atom stereocenters. The van der Waals surface area contributed by atoms with Crippen LogP contribution >= 0.6 is 0 Å². The monoisotopic (exact) mass is 574 g/mol. The van der Waals surface area contributed by atoms with Crippen LogP contribution in [0.4, 0.5) is 18.9 Å². The zero-order valence-corrected chi connectivity index (χ0v) is 22.8. The van der Waals surface area contributed by atoms with Gasteiger partial charge in [-0.15, -0.1) is 0 Å². The topological polar surface area (TPSA) is 73.5 Å². The van der Waals surface area contributed by atoms with E-state index in [0.717, 1.165) is 67.3 Å². The van der Waals surface area contributed by atoms with E-state index >= 15 is 0 Å². The maximum atomic E-state index is 13.7. The van der Waals surface area contributed by atoms with Gasteiger partial charge in [0.1, 0.15) is 23.3 Å². The smallest absolute Gasteiger partial charge is 0.434 e. The molecule has 0 bridgehead atoms. The zero-order valence-electron chi connectivity index (χ0n) is 22.8. The quantitative estimate of drug-likeness (QED) is 0.238. The van der Waals surface area contributed by atoms with E-state index in [1.807, 2.05) is 18.2 Å². The van der Waals surface area contributed by atoms with Crippen molar-refractivity contribution < 1.29 is 27.2 Å². The Morgan fingerprint density at radius 2 is 1.86 bits per heavy atom. The summed E-state index contributed by atoms with van der Waals surface area (Å²) in [5, 5.41) is 5.11. The number of allylic oxidation sites excluding steroid dienone is 1. The lowest BCUT2D eigenvalue weighted by Gasteiger charge is -2.59. The van der Waals surface area contributed by atoms with Crippen molar-refractivity contribution in [2.45, 2.75) is 43.9 Å². The summed E-state index contributed by atoms with van der Waals surface area (Å²) in [4.78, 5) is 10.5. The first-order chi connectivity index (χ1) is 20.4. The number of hydrogen-bond acceptors (Lipinski definition) is 7. The van der Waals surface area contributed by atoms with E-state index in [-0.39, 0.29) is 28.7 Å². The van der Waals surface area contributed by atoms with Crippen LogP contribution in [0.5, 0.6) is 5.75 Å². The standard InChI is InChI=1S/C32H29F3N4O3/c33-32(34,35)30-24(2-1-10-37-30)28-23(29(42-38-28)20-4-5-20)7-3-19-13-31(14-19)17-39(18-31)21-6-8-26-25(12-21)27(9-11-36-26)41-22-15-40-16-22/h1-3,6-12,19-20,22H,4-5,13-18H2/b7-3+. The van der Waals surface area contributed by atoms with Gasteiger partial charge in [-0.3, -0.25) is 9.97 Å². The molecule has 1 aromatic carbocycles. The Kier molecular flexibility index (Phi) is 5.86. The van der Waals surface area contributed by atoms with Gasteiger partial charge in [0.2, 0.25) is 0 Å². The predicted octanol–water partition coefficient (Wildman–Crippen LogP) is 6.89. The first kappa shape index (κ1) is 25.8. The molecular formula is C32H29F3N4O3. The van der Waals surface area contributed by atoms with Gasteiger partial charge in [0, 0.05) is 59.0 Å². The Labute approximate surface area is 240 Å². The van der Waals surface area contributed by atoms with E-state index < -0.39 is 11.9 Å². The van der Waals surface area contributed by atoms with Gasteiger partial charge in [-0.25, -0.2) is 0 Å². The highest BCUT2D eigenvalue weighted by atomic mass is 19.4. The second-order valence-corrected chi connectivity index (χ2v) is 12.2. The lowest BCUT2D eigenvalue weighted by Crippen LogP contribution is -2.62. The van der Waals surface area contributed by atoms with Crippen LogP contribution in [0.25, 0.3) is 28.2 Å². The maximum Gasteiger partial charge on any atom is 0.434 e. The second kappa shape index (κ2) is 9.55. The van der Waals surface area contributed by atoms with Crippen molar-refractivity contribution in [1.82, 2.24) is 15.1 Å². The van der Waals surface area contributed by atoms with Gasteiger partial charge < -0.3 is 18.9 Å². The van der Waals surface area contributed by atoms with Crippen LogP contribution < -0.4 is 9.64 Å². The highest BCUT2D eigenvalue weighted by Crippen LogP contribution is 2.54. The van der Waals surface area contributed by atoms with Gasteiger partial charge in [0.25, 0.3) is 0 Å². The van der Waals surface area contributed by atoms with Crippen LogP contribution in [0.1, 0.15) is 48.6 Å². The largest absolute Gasteiger partial charge is 0.485 e. The maximum absolute atomic E-state index is 13.7. The first-order valence-corrected chi connectivity index (χ1v) is 14.4. The summed E-state index contributed by atoms with van der Waals surface area (Å²) in [5.74, 6) is 2.10. The van der Waals surface area contributed by atoms with Gasteiger partial charge in [-0.1, -0.05) is 17.3 Å². The highest BCUT2D eigenvalue weighted by molar-refractivity contribution is 5.88. The van der Waals surface area contributed by atoms with Crippen LogP contribution in [0.2, 0.25) is 0 Å². The van der Waals surface area contributed by atoms with E-state index in [4.69, 9.17) is 14.0 Å². The summed E-state index contributed by atoms with van der Waals surface area (Å²) >= 11 is 0. The van der Waals surface area contributed by atoms with Gasteiger partial charge >= 0.3 is 6.18 Å². The fraction of sp³-hybridized carbons (Fsp3) is 0.406. The summed E-state index contributed by atoms with van der Waals surface area (Å²) in [6, 6.07) is 11.2. The van der Waals surface area contributed by atoms with E-state index in [0.29, 0.717) is 30.5 Å². The minimum absolute atomic E-state index is 0.0415. The molecule has 2 aliphatic heterocycles. The molecule has 0 radical (unpaired) electrons. The predicted molar refractivity (Wildman–Crippen MR) is 150 cm³/mol. The van der Waals surface area contributed by atoms with Crippen LogP contribution in [0.15, 0.2) is 59.4 Å². The van der Waals surface area contributed by atoms with E-state index in [1.54, 1.807) is 6.20 Å². The molecule has 0 atom stereocenters. The molecule has 10 heteroatoms. The van der Waals surface area contributed by atoms with Gasteiger partial charge in [0.05, 0.1) is 18.7 Å². The molecular weight excluding hydrogens is 545 g/mol. The lowest BCUT2D eigenvalue weighted by molar-refractivity contribution is -0.140. The summed E-state index contributed by atoms with van der Waals surface area (Å²) in [7, 11) is 0. The third-order valence-electron chi connectivity index (χ3n) is 8.96. The van der Waals surface area contributed by atoms with E-state index in [2.05, 4.69) is 38.2 Å². The number of ether oxygens (including phenoxy) is 2. The summed E-state index contributed by atoms with van der Waals surface area (Å²) < 4.78 is 58.1. The van der Waals surface area contributed by atoms with Crippen molar-refractivity contribution in [2.24, 2.45) is 11.3 Å². The molecule has 4 aromatic rings. The minimum atomic E-state index is -4.57. The molecule has 216 valence electrons. The SMILES string of the molecule is FC(F)(F)c1ncccc1-c1noc(C2CC2)c1/C=C/C1CC2(C1)CN(c1ccc3nccc(OC4COC4)c3c1)C2. The molecule has 5 heterocycles. The number of aromatic nitrogens is 3. The number of anilines is 1. The highest BCUT2D eigenvalue weighted by Gasteiger charge is 2.51. The van der Waals surface area contributed by atoms with Crippen LogP contribution in [0.3, 0.4) is 0 Å². The molecule has 0 N–H and O–H groups in total. The molecule has 4 fully saturated rings. The van der Waals surface area contributed by atoms with Crippen molar-refractivity contribution in [3.8, 4) is 17.0 Å². The second-order valence-electron chi connectivity index (χ2n) is 12.2. The van der Waals surface area contributed by atoms with Crippen LogP contribution in [0, 0.1) is 11.3 Å². The van der Waals surface area contributed by atoms with E-state index in [9.17, 15) is 13.2 Å². The molecule has 8 rings (SSSR count). The van der Waals surface area contributed by atoms with Crippen molar-refractivity contribution in [3.05, 3.63) is 71.9 Å². The van der Waals surface area contributed by atoms with Crippen molar-refractivity contribution in [2.75, 3.05) is 31.2 Å². The lowest BCUT2D eigenvalue weighted by atomic mass is 9.57. The molecule has 0 amide bonds. The Balaban J connectivity index is 0.965. The molecule has 4 aliphatic rings. The number of alkyl halides is 3. The van der Waals surface area contributed by atoms with Gasteiger partial charge in [-0.05, 0) is 68.0 Å². The Morgan fingerprint density at radius 3 is 2.60 bits per heavy atom. The molecule has 2 saturated carbocycles. The molecule has 7 nitrogen and oxygen atoms in total. The first-order valence-electron chi connectivity index (χ1n) is 14.4.